The lowest BCUT2D eigenvalue weighted by Gasteiger charge is -2.23. The van der Waals surface area contributed by atoms with Crippen molar-refractivity contribution in [3.8, 4) is 11.5 Å². The zero-order chi connectivity index (χ0) is 15.4. The molecule has 3 rings (SSSR count). The molecule has 0 saturated heterocycles. The maximum absolute atomic E-state index is 4.43. The molecule has 4 nitrogen and oxygen atoms in total. The van der Waals surface area contributed by atoms with E-state index < -0.39 is 0 Å². The first-order valence-corrected chi connectivity index (χ1v) is 8.08. The second-order valence-electron chi connectivity index (χ2n) is 5.24. The van der Waals surface area contributed by atoms with Gasteiger partial charge in [0.1, 0.15) is 5.69 Å². The quantitative estimate of drug-likeness (QED) is 0.719. The van der Waals surface area contributed by atoms with Crippen molar-refractivity contribution in [1.82, 2.24) is 19.9 Å². The van der Waals surface area contributed by atoms with E-state index >= 15 is 0 Å². The number of rotatable bonds is 5. The summed E-state index contributed by atoms with van der Waals surface area (Å²) in [5.41, 5.74) is 1.90. The highest BCUT2D eigenvalue weighted by molar-refractivity contribution is 7.10. The van der Waals surface area contributed by atoms with Gasteiger partial charge in [-0.2, -0.15) is 0 Å². The van der Waals surface area contributed by atoms with E-state index in [-0.39, 0.29) is 0 Å². The van der Waals surface area contributed by atoms with Crippen LogP contribution in [-0.4, -0.2) is 26.9 Å². The molecule has 0 aliphatic heterocycles. The van der Waals surface area contributed by atoms with Gasteiger partial charge in [0.15, 0.2) is 5.82 Å². The fraction of sp³-hybridized carbons (Fsp3) is 0.235. The normalized spacial score (nSPS) is 12.5. The smallest absolute Gasteiger partial charge is 0.178 e. The van der Waals surface area contributed by atoms with E-state index in [9.17, 15) is 0 Å². The molecule has 3 heterocycles. The average Bonchev–Trinajstić information content (AvgIpc) is 3.10. The Morgan fingerprint density at radius 3 is 2.55 bits per heavy atom. The lowest BCUT2D eigenvalue weighted by atomic mass is 10.2. The van der Waals surface area contributed by atoms with Crippen molar-refractivity contribution in [1.29, 1.82) is 0 Å². The maximum Gasteiger partial charge on any atom is 0.178 e. The van der Waals surface area contributed by atoms with Gasteiger partial charge in [-0.25, -0.2) is 9.97 Å². The number of thiophene rings is 1. The Morgan fingerprint density at radius 1 is 1.09 bits per heavy atom. The van der Waals surface area contributed by atoms with E-state index in [0.29, 0.717) is 11.9 Å². The second kappa shape index (κ2) is 6.77. The number of pyridine rings is 1. The summed E-state index contributed by atoms with van der Waals surface area (Å²) in [5, 5.41) is 2.12. The van der Waals surface area contributed by atoms with Crippen molar-refractivity contribution < 1.29 is 0 Å². The van der Waals surface area contributed by atoms with Gasteiger partial charge in [-0.1, -0.05) is 12.1 Å². The molecule has 112 valence electrons. The molecule has 0 fully saturated rings. The summed E-state index contributed by atoms with van der Waals surface area (Å²) in [6.07, 6.45) is 5.52. The van der Waals surface area contributed by atoms with Gasteiger partial charge in [0.05, 0.1) is 0 Å². The number of nitrogens with zero attached hydrogens (tertiary/aromatic N) is 4. The van der Waals surface area contributed by atoms with Crippen LogP contribution in [0.5, 0.6) is 0 Å². The number of hydrogen-bond acceptors (Lipinski definition) is 5. The Labute approximate surface area is 134 Å². The van der Waals surface area contributed by atoms with Gasteiger partial charge in [0.25, 0.3) is 0 Å². The molecule has 5 heteroatoms. The molecule has 0 saturated carbocycles. The molecule has 1 atom stereocenters. The van der Waals surface area contributed by atoms with E-state index in [1.54, 1.807) is 17.5 Å². The van der Waals surface area contributed by atoms with E-state index in [4.69, 9.17) is 0 Å². The van der Waals surface area contributed by atoms with Crippen LogP contribution in [0.1, 0.15) is 23.4 Å². The summed E-state index contributed by atoms with van der Waals surface area (Å²) in [5.74, 6) is 0.665. The molecular formula is C17H18N4S. The van der Waals surface area contributed by atoms with Crippen LogP contribution in [-0.2, 0) is 6.54 Å². The fourth-order valence-electron chi connectivity index (χ4n) is 2.23. The molecule has 0 spiro atoms. The molecule has 22 heavy (non-hydrogen) atoms. The van der Waals surface area contributed by atoms with Crippen molar-refractivity contribution in [2.24, 2.45) is 0 Å². The Balaban J connectivity index is 1.68. The minimum Gasteiger partial charge on any atom is -0.294 e. The molecule has 0 aromatic carbocycles. The minimum absolute atomic E-state index is 0.385. The number of aromatic nitrogens is 3. The second-order valence-corrected chi connectivity index (χ2v) is 6.22. The lowest BCUT2D eigenvalue weighted by Crippen LogP contribution is -2.21. The molecular weight excluding hydrogens is 292 g/mol. The summed E-state index contributed by atoms with van der Waals surface area (Å²) in [7, 11) is 2.12. The first-order chi connectivity index (χ1) is 10.7. The molecule has 3 aromatic heterocycles. The largest absolute Gasteiger partial charge is 0.294 e. The zero-order valence-corrected chi connectivity index (χ0v) is 13.5. The van der Waals surface area contributed by atoms with E-state index in [0.717, 1.165) is 17.8 Å². The monoisotopic (exact) mass is 310 g/mol. The molecule has 0 N–H and O–H groups in total. The van der Waals surface area contributed by atoms with E-state index in [2.05, 4.69) is 51.3 Å². The van der Waals surface area contributed by atoms with Crippen LogP contribution in [0.25, 0.3) is 11.5 Å². The van der Waals surface area contributed by atoms with Gasteiger partial charge in [-0.15, -0.1) is 11.3 Å². The van der Waals surface area contributed by atoms with Crippen LogP contribution < -0.4 is 0 Å². The molecule has 0 radical (unpaired) electrons. The SMILES string of the molecule is C[C@@H](c1cccs1)N(C)Cc1cnc(-c2ccccn2)nc1. The van der Waals surface area contributed by atoms with Crippen molar-refractivity contribution in [2.45, 2.75) is 19.5 Å². The predicted molar refractivity (Wildman–Crippen MR) is 89.5 cm³/mol. The zero-order valence-electron chi connectivity index (χ0n) is 12.7. The van der Waals surface area contributed by atoms with Crippen LogP contribution in [0.15, 0.2) is 54.3 Å². The number of hydrogen-bond donors (Lipinski definition) is 0. The summed E-state index contributed by atoms with van der Waals surface area (Å²) in [6, 6.07) is 10.4. The van der Waals surface area contributed by atoms with Crippen LogP contribution in [0.4, 0.5) is 0 Å². The molecule has 0 aliphatic rings. The van der Waals surface area contributed by atoms with Gasteiger partial charge in [-0.3, -0.25) is 9.88 Å². The summed E-state index contributed by atoms with van der Waals surface area (Å²) >= 11 is 1.79. The van der Waals surface area contributed by atoms with Crippen LogP contribution >= 0.6 is 11.3 Å². The van der Waals surface area contributed by atoms with Gasteiger partial charge < -0.3 is 0 Å². The molecule has 3 aromatic rings. The van der Waals surface area contributed by atoms with E-state index in [1.165, 1.54) is 4.88 Å². The van der Waals surface area contributed by atoms with Gasteiger partial charge in [0, 0.05) is 41.6 Å². The third-order valence-electron chi connectivity index (χ3n) is 3.65. The molecule has 0 bridgehead atoms. The summed E-state index contributed by atoms with van der Waals surface area (Å²) < 4.78 is 0. The Kier molecular flexibility index (Phi) is 4.56. The minimum atomic E-state index is 0.385. The van der Waals surface area contributed by atoms with Crippen molar-refractivity contribution in [3.05, 3.63) is 64.7 Å². The highest BCUT2D eigenvalue weighted by Crippen LogP contribution is 2.24. The van der Waals surface area contributed by atoms with E-state index in [1.807, 2.05) is 30.6 Å². The lowest BCUT2D eigenvalue weighted by molar-refractivity contribution is 0.256. The molecule has 0 unspecified atom stereocenters. The maximum atomic E-state index is 4.43. The average molecular weight is 310 g/mol. The van der Waals surface area contributed by atoms with Gasteiger partial charge in [-0.05, 0) is 37.6 Å². The first kappa shape index (κ1) is 14.8. The third kappa shape index (κ3) is 3.37. The van der Waals surface area contributed by atoms with Crippen molar-refractivity contribution in [2.75, 3.05) is 7.05 Å². The van der Waals surface area contributed by atoms with Gasteiger partial charge >= 0.3 is 0 Å². The van der Waals surface area contributed by atoms with Crippen LogP contribution in [0.3, 0.4) is 0 Å². The fourth-order valence-corrected chi connectivity index (χ4v) is 3.08. The predicted octanol–water partition coefficient (Wildman–Crippen LogP) is 3.79. The highest BCUT2D eigenvalue weighted by atomic mass is 32.1. The third-order valence-corrected chi connectivity index (χ3v) is 4.69. The summed E-state index contributed by atoms with van der Waals surface area (Å²) in [4.78, 5) is 16.8. The van der Waals surface area contributed by atoms with Gasteiger partial charge in [0.2, 0.25) is 0 Å². The standard InChI is InChI=1S/C17H18N4S/c1-13(16-7-5-9-22-16)21(2)12-14-10-19-17(20-11-14)15-6-3-4-8-18-15/h3-11,13H,12H2,1-2H3/t13-/m0/s1. The summed E-state index contributed by atoms with van der Waals surface area (Å²) in [6.45, 7) is 3.04. The molecule has 0 amide bonds. The molecule has 0 aliphatic carbocycles. The first-order valence-electron chi connectivity index (χ1n) is 7.20. The Morgan fingerprint density at radius 2 is 1.91 bits per heavy atom. The Hall–Kier alpha value is -2.11. The topological polar surface area (TPSA) is 41.9 Å². The van der Waals surface area contributed by atoms with Crippen LogP contribution in [0, 0.1) is 0 Å². The van der Waals surface area contributed by atoms with Crippen molar-refractivity contribution >= 4 is 11.3 Å². The highest BCUT2D eigenvalue weighted by Gasteiger charge is 2.13. The van der Waals surface area contributed by atoms with Crippen molar-refractivity contribution in [3.63, 3.8) is 0 Å². The Bertz CT molecular complexity index is 695. The van der Waals surface area contributed by atoms with Crippen LogP contribution in [0.2, 0.25) is 0 Å².